The van der Waals surface area contributed by atoms with Gasteiger partial charge >= 0.3 is 6.09 Å². The molecular weight excluding hydrogens is 168 g/mol. The second kappa shape index (κ2) is 4.12. The van der Waals surface area contributed by atoms with Crippen LogP contribution in [0.1, 0.15) is 5.56 Å². The Hall–Kier alpha value is -2.02. The number of hydrogen-bond donors (Lipinski definition) is 1. The molecule has 0 spiro atoms. The van der Waals surface area contributed by atoms with E-state index >= 15 is 0 Å². The van der Waals surface area contributed by atoms with E-state index in [1.807, 2.05) is 6.07 Å². The largest absolute Gasteiger partial charge is 0.453 e. The van der Waals surface area contributed by atoms with Gasteiger partial charge in [0.05, 0.1) is 18.7 Å². The number of hydrogen-bond acceptors (Lipinski definition) is 3. The van der Waals surface area contributed by atoms with Crippen LogP contribution in [0, 0.1) is 11.3 Å². The number of amides is 1. The third kappa shape index (κ3) is 2.49. The summed E-state index contributed by atoms with van der Waals surface area (Å²) in [4.78, 5) is 10.8. The van der Waals surface area contributed by atoms with Crippen molar-refractivity contribution < 1.29 is 9.53 Å². The molecule has 0 saturated heterocycles. The number of methoxy groups -OCH3 is 1. The number of nitrogens with one attached hydrogen (secondary N) is 1. The van der Waals surface area contributed by atoms with Crippen LogP contribution >= 0.6 is 0 Å². The van der Waals surface area contributed by atoms with Crippen LogP contribution in [0.3, 0.4) is 0 Å². The lowest BCUT2D eigenvalue weighted by Gasteiger charge is -2.02. The van der Waals surface area contributed by atoms with E-state index in [4.69, 9.17) is 5.26 Å². The molecule has 0 heterocycles. The van der Waals surface area contributed by atoms with Gasteiger partial charge in [0.25, 0.3) is 0 Å². The molecule has 0 fully saturated rings. The number of ether oxygens (including phenoxy) is 1. The Morgan fingerprint density at radius 1 is 1.62 bits per heavy atom. The van der Waals surface area contributed by atoms with Crippen molar-refractivity contribution in [2.45, 2.75) is 0 Å². The Balaban J connectivity index is 2.79. The van der Waals surface area contributed by atoms with E-state index in [1.54, 1.807) is 24.3 Å². The second-order valence-electron chi connectivity index (χ2n) is 2.31. The normalized spacial score (nSPS) is 8.62. The summed E-state index contributed by atoms with van der Waals surface area (Å²) in [5.41, 5.74) is 1.04. The van der Waals surface area contributed by atoms with Crippen LogP contribution < -0.4 is 5.32 Å². The molecule has 0 saturated carbocycles. The summed E-state index contributed by atoms with van der Waals surface area (Å²) in [6.45, 7) is 0. The molecule has 0 aliphatic carbocycles. The van der Waals surface area contributed by atoms with Crippen LogP contribution in [0.15, 0.2) is 24.3 Å². The van der Waals surface area contributed by atoms with Crippen LogP contribution in [0.25, 0.3) is 0 Å². The summed E-state index contributed by atoms with van der Waals surface area (Å²) in [5, 5.41) is 11.0. The predicted molar refractivity (Wildman–Crippen MR) is 47.2 cm³/mol. The van der Waals surface area contributed by atoms with E-state index in [2.05, 4.69) is 10.1 Å². The third-order valence-electron chi connectivity index (χ3n) is 1.42. The summed E-state index contributed by atoms with van der Waals surface area (Å²) in [7, 11) is 1.28. The molecule has 1 rings (SSSR count). The van der Waals surface area contributed by atoms with Crippen molar-refractivity contribution in [2.24, 2.45) is 0 Å². The van der Waals surface area contributed by atoms with Gasteiger partial charge < -0.3 is 4.74 Å². The van der Waals surface area contributed by atoms with Gasteiger partial charge in [0, 0.05) is 5.69 Å². The van der Waals surface area contributed by atoms with Crippen molar-refractivity contribution >= 4 is 11.8 Å². The molecule has 0 atom stereocenters. The number of carbonyl (C=O) groups is 1. The minimum Gasteiger partial charge on any atom is -0.453 e. The molecule has 0 aromatic heterocycles. The Bertz CT molecular complexity index is 355. The van der Waals surface area contributed by atoms with Crippen molar-refractivity contribution in [3.63, 3.8) is 0 Å². The molecule has 1 aromatic carbocycles. The topological polar surface area (TPSA) is 62.1 Å². The minimum absolute atomic E-state index is 0.494. The van der Waals surface area contributed by atoms with E-state index in [1.165, 1.54) is 7.11 Å². The Kier molecular flexibility index (Phi) is 2.87. The number of benzene rings is 1. The Morgan fingerprint density at radius 2 is 2.38 bits per heavy atom. The highest BCUT2D eigenvalue weighted by Crippen LogP contribution is 2.09. The molecule has 0 radical (unpaired) electrons. The average molecular weight is 176 g/mol. The zero-order chi connectivity index (χ0) is 9.68. The van der Waals surface area contributed by atoms with Crippen molar-refractivity contribution in [2.75, 3.05) is 12.4 Å². The van der Waals surface area contributed by atoms with Gasteiger partial charge in [-0.15, -0.1) is 0 Å². The van der Waals surface area contributed by atoms with Gasteiger partial charge in [0.2, 0.25) is 0 Å². The fraction of sp³-hybridized carbons (Fsp3) is 0.111. The highest BCUT2D eigenvalue weighted by molar-refractivity contribution is 5.84. The first kappa shape index (κ1) is 9.07. The maximum absolute atomic E-state index is 10.8. The highest BCUT2D eigenvalue weighted by atomic mass is 16.5. The number of nitrogens with zero attached hydrogens (tertiary/aromatic N) is 1. The highest BCUT2D eigenvalue weighted by Gasteiger charge is 1.99. The van der Waals surface area contributed by atoms with Crippen molar-refractivity contribution in [3.05, 3.63) is 29.8 Å². The zero-order valence-electron chi connectivity index (χ0n) is 7.07. The molecule has 0 unspecified atom stereocenters. The number of carbonyl (C=O) groups excluding carboxylic acids is 1. The Morgan fingerprint density at radius 3 is 3.00 bits per heavy atom. The maximum atomic E-state index is 10.8. The summed E-state index contributed by atoms with van der Waals surface area (Å²) in [5.74, 6) is 0. The lowest BCUT2D eigenvalue weighted by atomic mass is 10.2. The zero-order valence-corrected chi connectivity index (χ0v) is 7.07. The molecule has 0 bridgehead atoms. The fourth-order valence-corrected chi connectivity index (χ4v) is 0.835. The molecule has 66 valence electrons. The minimum atomic E-state index is -0.546. The standard InChI is InChI=1S/C9H8N2O2/c1-13-9(12)11-8-4-2-3-7(5-8)6-10/h2-5H,1H3,(H,11,12). The van der Waals surface area contributed by atoms with Crippen LogP contribution in [0.5, 0.6) is 0 Å². The van der Waals surface area contributed by atoms with Crippen LogP contribution in [-0.4, -0.2) is 13.2 Å². The first-order valence-corrected chi connectivity index (χ1v) is 3.61. The molecule has 4 heteroatoms. The molecule has 0 aliphatic rings. The van der Waals surface area contributed by atoms with E-state index in [0.717, 1.165) is 0 Å². The van der Waals surface area contributed by atoms with Gasteiger partial charge in [-0.1, -0.05) is 6.07 Å². The second-order valence-corrected chi connectivity index (χ2v) is 2.31. The number of nitriles is 1. The van der Waals surface area contributed by atoms with E-state index in [0.29, 0.717) is 11.3 Å². The molecule has 1 N–H and O–H groups in total. The quantitative estimate of drug-likeness (QED) is 0.708. The summed E-state index contributed by atoms with van der Waals surface area (Å²) in [6.07, 6.45) is -0.546. The average Bonchev–Trinajstić information content (AvgIpc) is 2.18. The van der Waals surface area contributed by atoms with E-state index in [-0.39, 0.29) is 0 Å². The summed E-state index contributed by atoms with van der Waals surface area (Å²) < 4.78 is 4.39. The molecule has 1 aromatic rings. The van der Waals surface area contributed by atoms with Gasteiger partial charge in [0.1, 0.15) is 0 Å². The molecular formula is C9H8N2O2. The summed E-state index contributed by atoms with van der Waals surface area (Å²) >= 11 is 0. The van der Waals surface area contributed by atoms with Crippen LogP contribution in [0.4, 0.5) is 10.5 Å². The van der Waals surface area contributed by atoms with Gasteiger partial charge in [-0.25, -0.2) is 4.79 Å². The fourth-order valence-electron chi connectivity index (χ4n) is 0.835. The van der Waals surface area contributed by atoms with Crippen molar-refractivity contribution in [1.29, 1.82) is 5.26 Å². The third-order valence-corrected chi connectivity index (χ3v) is 1.42. The van der Waals surface area contributed by atoms with Crippen LogP contribution in [0.2, 0.25) is 0 Å². The Labute approximate surface area is 75.7 Å². The maximum Gasteiger partial charge on any atom is 0.411 e. The monoisotopic (exact) mass is 176 g/mol. The molecule has 4 nitrogen and oxygen atoms in total. The van der Waals surface area contributed by atoms with E-state index < -0.39 is 6.09 Å². The lowest BCUT2D eigenvalue weighted by Crippen LogP contribution is -2.10. The summed E-state index contributed by atoms with van der Waals surface area (Å²) in [6, 6.07) is 8.55. The smallest absolute Gasteiger partial charge is 0.411 e. The van der Waals surface area contributed by atoms with Gasteiger partial charge in [-0.3, -0.25) is 5.32 Å². The predicted octanol–water partition coefficient (Wildman–Crippen LogP) is 1.74. The lowest BCUT2D eigenvalue weighted by molar-refractivity contribution is 0.187. The van der Waals surface area contributed by atoms with Gasteiger partial charge in [0.15, 0.2) is 0 Å². The molecule has 0 aliphatic heterocycles. The first-order valence-electron chi connectivity index (χ1n) is 3.61. The van der Waals surface area contributed by atoms with Crippen molar-refractivity contribution in [1.82, 2.24) is 0 Å². The number of rotatable bonds is 1. The van der Waals surface area contributed by atoms with E-state index in [9.17, 15) is 4.79 Å². The SMILES string of the molecule is COC(=O)Nc1cccc(C#N)c1. The van der Waals surface area contributed by atoms with Gasteiger partial charge in [-0.05, 0) is 18.2 Å². The number of anilines is 1. The molecule has 1 amide bonds. The van der Waals surface area contributed by atoms with Crippen molar-refractivity contribution in [3.8, 4) is 6.07 Å². The molecule has 13 heavy (non-hydrogen) atoms. The van der Waals surface area contributed by atoms with Gasteiger partial charge in [-0.2, -0.15) is 5.26 Å². The van der Waals surface area contributed by atoms with Crippen LogP contribution in [-0.2, 0) is 4.74 Å². The first-order chi connectivity index (χ1) is 6.26.